The molecular weight excluding hydrogens is 405 g/mol. The summed E-state index contributed by atoms with van der Waals surface area (Å²) in [4.78, 5) is 24.4. The van der Waals surface area contributed by atoms with Crippen LogP contribution in [0.15, 0.2) is 53.7 Å². The number of carbonyl (C=O) groups is 2. The highest BCUT2D eigenvalue weighted by Gasteiger charge is 2.15. The van der Waals surface area contributed by atoms with E-state index in [2.05, 4.69) is 20.8 Å². The number of carbonyl (C=O) groups excluding carboxylic acids is 2. The van der Waals surface area contributed by atoms with Gasteiger partial charge in [-0.2, -0.15) is 0 Å². The van der Waals surface area contributed by atoms with Gasteiger partial charge in [0.15, 0.2) is 11.0 Å². The molecule has 0 bridgehead atoms. The van der Waals surface area contributed by atoms with E-state index in [1.807, 2.05) is 30.5 Å². The van der Waals surface area contributed by atoms with Gasteiger partial charge >= 0.3 is 0 Å². The van der Waals surface area contributed by atoms with Gasteiger partial charge < -0.3 is 15.2 Å². The average Bonchev–Trinajstić information content (AvgIpc) is 3.14. The molecule has 3 aromatic rings. The third-order valence-electron chi connectivity index (χ3n) is 4.31. The van der Waals surface area contributed by atoms with Gasteiger partial charge in [0, 0.05) is 12.1 Å². The predicted octanol–water partition coefficient (Wildman–Crippen LogP) is 3.41. The van der Waals surface area contributed by atoms with Crippen molar-refractivity contribution in [2.75, 3.05) is 11.1 Å². The van der Waals surface area contributed by atoms with Gasteiger partial charge in [-0.1, -0.05) is 41.6 Å². The highest BCUT2D eigenvalue weighted by atomic mass is 32.2. The van der Waals surface area contributed by atoms with E-state index in [-0.39, 0.29) is 29.8 Å². The normalized spacial score (nSPS) is 10.6. The van der Waals surface area contributed by atoms with Crippen LogP contribution in [0.4, 0.5) is 10.1 Å². The molecule has 9 heteroatoms. The molecule has 0 unspecified atom stereocenters. The monoisotopic (exact) mass is 427 g/mol. The van der Waals surface area contributed by atoms with E-state index >= 15 is 0 Å². The lowest BCUT2D eigenvalue weighted by atomic mass is 10.1. The van der Waals surface area contributed by atoms with Crippen LogP contribution in [-0.2, 0) is 17.9 Å². The van der Waals surface area contributed by atoms with Crippen molar-refractivity contribution in [3.63, 3.8) is 0 Å². The number of anilines is 1. The summed E-state index contributed by atoms with van der Waals surface area (Å²) in [6.07, 6.45) is 0. The minimum Gasteiger partial charge on any atom is -0.345 e. The SMILES string of the molecule is CCn1c(CNC(=O)c2ccc(C)cc2)nnc1SCC(=O)Nc1ccccc1F. The summed E-state index contributed by atoms with van der Waals surface area (Å²) < 4.78 is 15.5. The van der Waals surface area contributed by atoms with Crippen molar-refractivity contribution >= 4 is 29.3 Å². The Labute approximate surface area is 178 Å². The largest absolute Gasteiger partial charge is 0.345 e. The first-order valence-electron chi connectivity index (χ1n) is 9.42. The highest BCUT2D eigenvalue weighted by molar-refractivity contribution is 7.99. The number of nitrogens with zero attached hydrogens (tertiary/aromatic N) is 3. The lowest BCUT2D eigenvalue weighted by molar-refractivity contribution is -0.113. The number of benzene rings is 2. The van der Waals surface area contributed by atoms with Gasteiger partial charge in [-0.15, -0.1) is 10.2 Å². The maximum absolute atomic E-state index is 13.6. The predicted molar refractivity (Wildman–Crippen MR) is 114 cm³/mol. The van der Waals surface area contributed by atoms with Crippen molar-refractivity contribution in [3.05, 3.63) is 71.3 Å². The lowest BCUT2D eigenvalue weighted by Gasteiger charge is -2.09. The zero-order valence-corrected chi connectivity index (χ0v) is 17.5. The Morgan fingerprint density at radius 1 is 1.10 bits per heavy atom. The fourth-order valence-corrected chi connectivity index (χ4v) is 3.54. The lowest BCUT2D eigenvalue weighted by Crippen LogP contribution is -2.24. The topological polar surface area (TPSA) is 88.9 Å². The van der Waals surface area contributed by atoms with Crippen LogP contribution in [-0.4, -0.2) is 32.3 Å². The van der Waals surface area contributed by atoms with E-state index in [4.69, 9.17) is 0 Å². The van der Waals surface area contributed by atoms with Crippen LogP contribution in [0.3, 0.4) is 0 Å². The molecule has 0 aliphatic heterocycles. The maximum Gasteiger partial charge on any atom is 0.251 e. The van der Waals surface area contributed by atoms with Crippen molar-refractivity contribution in [2.24, 2.45) is 0 Å². The number of hydrogen-bond donors (Lipinski definition) is 2. The maximum atomic E-state index is 13.6. The Kier molecular flexibility index (Phi) is 7.18. The Balaban J connectivity index is 1.57. The number of nitrogens with one attached hydrogen (secondary N) is 2. The third-order valence-corrected chi connectivity index (χ3v) is 5.28. The van der Waals surface area contributed by atoms with Crippen molar-refractivity contribution in [3.8, 4) is 0 Å². The second-order valence-corrected chi connectivity index (χ2v) is 7.45. The Morgan fingerprint density at radius 3 is 2.53 bits per heavy atom. The first-order valence-corrected chi connectivity index (χ1v) is 10.4. The number of para-hydroxylation sites is 1. The summed E-state index contributed by atoms with van der Waals surface area (Å²) in [7, 11) is 0. The van der Waals surface area contributed by atoms with Crippen LogP contribution in [0.5, 0.6) is 0 Å². The molecule has 2 amide bonds. The minimum atomic E-state index is -0.487. The molecule has 7 nitrogen and oxygen atoms in total. The van der Waals surface area contributed by atoms with E-state index in [0.29, 0.717) is 23.1 Å². The third kappa shape index (κ3) is 5.44. The van der Waals surface area contributed by atoms with Gasteiger partial charge in [0.1, 0.15) is 5.82 Å². The van der Waals surface area contributed by atoms with E-state index < -0.39 is 5.82 Å². The van der Waals surface area contributed by atoms with Crippen molar-refractivity contribution in [1.29, 1.82) is 0 Å². The first-order chi connectivity index (χ1) is 14.5. The Morgan fingerprint density at radius 2 is 1.83 bits per heavy atom. The van der Waals surface area contributed by atoms with Crippen molar-refractivity contribution < 1.29 is 14.0 Å². The van der Waals surface area contributed by atoms with E-state index in [1.54, 1.807) is 24.3 Å². The standard InChI is InChI=1S/C21H22FN5O2S/c1-3-27-18(12-23-20(29)15-10-8-14(2)9-11-15)25-26-21(27)30-13-19(28)24-17-7-5-4-6-16(17)22/h4-11H,3,12-13H2,1-2H3,(H,23,29)(H,24,28). The molecule has 0 spiro atoms. The van der Waals surface area contributed by atoms with Crippen molar-refractivity contribution in [2.45, 2.75) is 32.1 Å². The molecule has 0 radical (unpaired) electrons. The van der Waals surface area contributed by atoms with Gasteiger partial charge in [0.2, 0.25) is 5.91 Å². The van der Waals surface area contributed by atoms with Crippen LogP contribution in [0.25, 0.3) is 0 Å². The van der Waals surface area contributed by atoms with Gasteiger partial charge in [-0.25, -0.2) is 4.39 Å². The molecule has 0 fully saturated rings. The molecule has 2 N–H and O–H groups in total. The molecule has 0 saturated carbocycles. The van der Waals surface area contributed by atoms with Gasteiger partial charge in [0.25, 0.3) is 5.91 Å². The van der Waals surface area contributed by atoms with E-state index in [1.165, 1.54) is 23.9 Å². The quantitative estimate of drug-likeness (QED) is 0.538. The summed E-state index contributed by atoms with van der Waals surface area (Å²) >= 11 is 1.20. The fraction of sp³-hybridized carbons (Fsp3) is 0.238. The van der Waals surface area contributed by atoms with Crippen LogP contribution < -0.4 is 10.6 Å². The minimum absolute atomic E-state index is 0.0577. The fourth-order valence-electron chi connectivity index (χ4n) is 2.72. The number of hydrogen-bond acceptors (Lipinski definition) is 5. The Hall–Kier alpha value is -3.20. The number of amides is 2. The molecule has 3 rings (SSSR count). The summed E-state index contributed by atoms with van der Waals surface area (Å²) in [6.45, 7) is 4.69. The van der Waals surface area contributed by atoms with E-state index in [9.17, 15) is 14.0 Å². The highest BCUT2D eigenvalue weighted by Crippen LogP contribution is 2.19. The summed E-state index contributed by atoms with van der Waals surface area (Å²) in [5.41, 5.74) is 1.79. The van der Waals surface area contributed by atoms with Gasteiger partial charge in [-0.05, 0) is 38.1 Å². The van der Waals surface area contributed by atoms with Crippen LogP contribution >= 0.6 is 11.8 Å². The second-order valence-electron chi connectivity index (χ2n) is 6.51. The summed E-state index contributed by atoms with van der Waals surface area (Å²) in [6, 6.07) is 13.3. The molecule has 0 saturated heterocycles. The smallest absolute Gasteiger partial charge is 0.251 e. The number of rotatable bonds is 8. The number of thioether (sulfide) groups is 1. The van der Waals surface area contributed by atoms with Crippen LogP contribution in [0.1, 0.15) is 28.7 Å². The molecule has 0 aliphatic rings. The first kappa shape index (κ1) is 21.5. The molecule has 0 aliphatic carbocycles. The zero-order chi connectivity index (χ0) is 21.5. The Bertz CT molecular complexity index is 1040. The number of aryl methyl sites for hydroxylation is 1. The zero-order valence-electron chi connectivity index (χ0n) is 16.7. The van der Waals surface area contributed by atoms with Gasteiger partial charge in [-0.3, -0.25) is 9.59 Å². The molecule has 30 heavy (non-hydrogen) atoms. The second kappa shape index (κ2) is 10.0. The summed E-state index contributed by atoms with van der Waals surface area (Å²) in [5, 5.41) is 14.2. The molecule has 0 atom stereocenters. The molecule has 2 aromatic carbocycles. The number of halogens is 1. The van der Waals surface area contributed by atoms with Crippen LogP contribution in [0, 0.1) is 12.7 Å². The van der Waals surface area contributed by atoms with E-state index in [0.717, 1.165) is 5.56 Å². The van der Waals surface area contributed by atoms with Gasteiger partial charge in [0.05, 0.1) is 18.0 Å². The molecule has 156 valence electrons. The molecule has 1 heterocycles. The van der Waals surface area contributed by atoms with Crippen molar-refractivity contribution in [1.82, 2.24) is 20.1 Å². The molecule has 1 aromatic heterocycles. The van der Waals surface area contributed by atoms with Crippen LogP contribution in [0.2, 0.25) is 0 Å². The average molecular weight is 428 g/mol. The number of aromatic nitrogens is 3. The molecular formula is C21H22FN5O2S. The summed E-state index contributed by atoms with van der Waals surface area (Å²) in [5.74, 6) is -0.374.